The molecule has 7 nitrogen and oxygen atoms in total. The number of piperidine rings is 1. The SMILES string of the molecule is COc1ccc(CS(=O)(=O)N2CCCCC2CNC(=O)OC(C)(C)C)cc1. The highest BCUT2D eigenvalue weighted by atomic mass is 32.2. The molecular weight excluding hydrogens is 368 g/mol. The van der Waals surface area contributed by atoms with Gasteiger partial charge in [-0.25, -0.2) is 13.2 Å². The lowest BCUT2D eigenvalue weighted by molar-refractivity contribution is 0.0512. The van der Waals surface area contributed by atoms with Gasteiger partial charge < -0.3 is 14.8 Å². The van der Waals surface area contributed by atoms with Gasteiger partial charge in [0.25, 0.3) is 0 Å². The molecule has 152 valence electrons. The van der Waals surface area contributed by atoms with E-state index in [1.54, 1.807) is 52.1 Å². The molecule has 1 amide bonds. The summed E-state index contributed by atoms with van der Waals surface area (Å²) in [5.41, 5.74) is 0.122. The van der Waals surface area contributed by atoms with E-state index < -0.39 is 21.7 Å². The number of amides is 1. The Hall–Kier alpha value is -1.80. The lowest BCUT2D eigenvalue weighted by Crippen LogP contribution is -2.50. The Balaban J connectivity index is 2.02. The van der Waals surface area contributed by atoms with Crippen molar-refractivity contribution in [2.24, 2.45) is 0 Å². The quantitative estimate of drug-likeness (QED) is 0.796. The van der Waals surface area contributed by atoms with E-state index in [0.717, 1.165) is 19.3 Å². The zero-order valence-corrected chi connectivity index (χ0v) is 17.3. The van der Waals surface area contributed by atoms with Gasteiger partial charge in [0.15, 0.2) is 0 Å². The fourth-order valence-electron chi connectivity index (χ4n) is 3.07. The van der Waals surface area contributed by atoms with Gasteiger partial charge in [0, 0.05) is 19.1 Å². The van der Waals surface area contributed by atoms with Gasteiger partial charge in [0.2, 0.25) is 10.0 Å². The number of hydrogen-bond acceptors (Lipinski definition) is 5. The number of sulfonamides is 1. The molecule has 1 saturated heterocycles. The van der Waals surface area contributed by atoms with E-state index in [2.05, 4.69) is 5.32 Å². The zero-order chi connectivity index (χ0) is 20.1. The Kier molecular flexibility index (Phi) is 7.11. The summed E-state index contributed by atoms with van der Waals surface area (Å²) in [5, 5.41) is 2.71. The molecule has 1 aromatic rings. The summed E-state index contributed by atoms with van der Waals surface area (Å²) in [7, 11) is -1.92. The van der Waals surface area contributed by atoms with Crippen molar-refractivity contribution in [3.8, 4) is 5.75 Å². The molecule has 1 heterocycles. The Morgan fingerprint density at radius 3 is 2.48 bits per heavy atom. The molecule has 1 fully saturated rings. The number of ether oxygens (including phenoxy) is 2. The molecular formula is C19H30N2O5S. The second kappa shape index (κ2) is 8.93. The largest absolute Gasteiger partial charge is 0.497 e. The Morgan fingerprint density at radius 2 is 1.89 bits per heavy atom. The zero-order valence-electron chi connectivity index (χ0n) is 16.5. The number of benzene rings is 1. The summed E-state index contributed by atoms with van der Waals surface area (Å²) in [4.78, 5) is 11.9. The summed E-state index contributed by atoms with van der Waals surface area (Å²) in [6, 6.07) is 6.77. The van der Waals surface area contributed by atoms with Crippen molar-refractivity contribution in [2.75, 3.05) is 20.2 Å². The molecule has 2 rings (SSSR count). The molecule has 1 aliphatic heterocycles. The fraction of sp³-hybridized carbons (Fsp3) is 0.632. The van der Waals surface area contributed by atoms with Crippen molar-refractivity contribution in [1.82, 2.24) is 9.62 Å². The summed E-state index contributed by atoms with van der Waals surface area (Å²) in [6.45, 7) is 6.09. The number of alkyl carbamates (subject to hydrolysis) is 1. The second-order valence-corrected chi connectivity index (χ2v) is 9.67. The molecule has 0 saturated carbocycles. The minimum absolute atomic E-state index is 0.0695. The van der Waals surface area contributed by atoms with Gasteiger partial charge in [-0.1, -0.05) is 18.6 Å². The van der Waals surface area contributed by atoms with Crippen molar-refractivity contribution < 1.29 is 22.7 Å². The average molecular weight is 399 g/mol. The molecule has 1 aromatic carbocycles. The smallest absolute Gasteiger partial charge is 0.407 e. The maximum Gasteiger partial charge on any atom is 0.407 e. The van der Waals surface area contributed by atoms with Gasteiger partial charge in [-0.2, -0.15) is 4.31 Å². The van der Waals surface area contributed by atoms with Crippen LogP contribution in [0.25, 0.3) is 0 Å². The molecule has 0 aliphatic carbocycles. The molecule has 27 heavy (non-hydrogen) atoms. The fourth-order valence-corrected chi connectivity index (χ4v) is 4.90. The van der Waals surface area contributed by atoms with Crippen LogP contribution in [0.5, 0.6) is 5.75 Å². The van der Waals surface area contributed by atoms with E-state index in [9.17, 15) is 13.2 Å². The first-order valence-corrected chi connectivity index (χ1v) is 10.8. The molecule has 0 bridgehead atoms. The van der Waals surface area contributed by atoms with Gasteiger partial charge in [-0.3, -0.25) is 0 Å². The van der Waals surface area contributed by atoms with Crippen LogP contribution in [-0.4, -0.2) is 50.7 Å². The van der Waals surface area contributed by atoms with E-state index in [-0.39, 0.29) is 18.3 Å². The van der Waals surface area contributed by atoms with Gasteiger partial charge in [0.1, 0.15) is 11.4 Å². The molecule has 8 heteroatoms. The minimum Gasteiger partial charge on any atom is -0.497 e. The predicted octanol–water partition coefficient (Wildman–Crippen LogP) is 2.90. The van der Waals surface area contributed by atoms with Crippen LogP contribution < -0.4 is 10.1 Å². The van der Waals surface area contributed by atoms with E-state index in [1.807, 2.05) is 0 Å². The van der Waals surface area contributed by atoms with Crippen LogP contribution in [-0.2, 0) is 20.5 Å². The maximum atomic E-state index is 12.9. The highest BCUT2D eigenvalue weighted by Crippen LogP contribution is 2.23. The Morgan fingerprint density at radius 1 is 1.22 bits per heavy atom. The molecule has 0 spiro atoms. The normalized spacial score (nSPS) is 18.7. The first kappa shape index (κ1) is 21.5. The van der Waals surface area contributed by atoms with Gasteiger partial charge in [0.05, 0.1) is 12.9 Å². The Bertz CT molecular complexity index is 725. The second-order valence-electron chi connectivity index (χ2n) is 7.75. The van der Waals surface area contributed by atoms with Crippen LogP contribution in [0, 0.1) is 0 Å². The van der Waals surface area contributed by atoms with Gasteiger partial charge in [-0.05, 0) is 51.3 Å². The summed E-state index contributed by atoms with van der Waals surface area (Å²) in [6.07, 6.45) is 1.96. The third kappa shape index (κ3) is 6.70. The molecule has 1 N–H and O–H groups in total. The number of nitrogens with zero attached hydrogens (tertiary/aromatic N) is 1. The Labute approximate surface area is 162 Å². The van der Waals surface area contributed by atoms with Crippen LogP contribution in [0.15, 0.2) is 24.3 Å². The van der Waals surface area contributed by atoms with Crippen LogP contribution >= 0.6 is 0 Å². The maximum absolute atomic E-state index is 12.9. The van der Waals surface area contributed by atoms with Crippen LogP contribution in [0.2, 0.25) is 0 Å². The van der Waals surface area contributed by atoms with E-state index in [4.69, 9.17) is 9.47 Å². The van der Waals surface area contributed by atoms with Gasteiger partial charge in [-0.15, -0.1) is 0 Å². The van der Waals surface area contributed by atoms with Crippen molar-refractivity contribution in [2.45, 2.75) is 57.4 Å². The molecule has 0 aromatic heterocycles. The third-order valence-electron chi connectivity index (χ3n) is 4.32. The molecule has 1 aliphatic rings. The van der Waals surface area contributed by atoms with Crippen molar-refractivity contribution in [1.29, 1.82) is 0 Å². The number of carbonyl (C=O) groups excluding carboxylic acids is 1. The van der Waals surface area contributed by atoms with E-state index >= 15 is 0 Å². The predicted molar refractivity (Wildman–Crippen MR) is 104 cm³/mol. The third-order valence-corrected chi connectivity index (χ3v) is 6.21. The highest BCUT2D eigenvalue weighted by molar-refractivity contribution is 7.88. The van der Waals surface area contributed by atoms with E-state index in [0.29, 0.717) is 17.9 Å². The standard InChI is InChI=1S/C19H30N2O5S/c1-19(2,3)26-18(22)20-13-16-7-5-6-12-21(16)27(23,24)14-15-8-10-17(25-4)11-9-15/h8-11,16H,5-7,12-14H2,1-4H3,(H,20,22). The average Bonchev–Trinajstić information content (AvgIpc) is 2.59. The first-order chi connectivity index (χ1) is 12.6. The molecule has 1 unspecified atom stereocenters. The number of rotatable bonds is 6. The van der Waals surface area contributed by atoms with Crippen LogP contribution in [0.3, 0.4) is 0 Å². The monoisotopic (exact) mass is 398 g/mol. The lowest BCUT2D eigenvalue weighted by Gasteiger charge is -2.35. The number of carbonyl (C=O) groups is 1. The molecule has 0 radical (unpaired) electrons. The minimum atomic E-state index is -3.49. The van der Waals surface area contributed by atoms with Crippen molar-refractivity contribution in [3.63, 3.8) is 0 Å². The van der Waals surface area contributed by atoms with Crippen molar-refractivity contribution >= 4 is 16.1 Å². The van der Waals surface area contributed by atoms with Crippen LogP contribution in [0.1, 0.15) is 45.6 Å². The molecule has 1 atom stereocenters. The summed E-state index contributed by atoms with van der Waals surface area (Å²) >= 11 is 0. The van der Waals surface area contributed by atoms with Crippen molar-refractivity contribution in [3.05, 3.63) is 29.8 Å². The number of nitrogens with one attached hydrogen (secondary N) is 1. The number of methoxy groups -OCH3 is 1. The number of hydrogen-bond donors (Lipinski definition) is 1. The van der Waals surface area contributed by atoms with Gasteiger partial charge >= 0.3 is 6.09 Å². The topological polar surface area (TPSA) is 84.9 Å². The van der Waals surface area contributed by atoms with E-state index in [1.165, 1.54) is 4.31 Å². The summed E-state index contributed by atoms with van der Waals surface area (Å²) < 4.78 is 37.8. The summed E-state index contributed by atoms with van der Waals surface area (Å²) in [5.74, 6) is 0.619. The lowest BCUT2D eigenvalue weighted by atomic mass is 10.1. The van der Waals surface area contributed by atoms with Crippen LogP contribution in [0.4, 0.5) is 4.79 Å². The first-order valence-electron chi connectivity index (χ1n) is 9.20. The highest BCUT2D eigenvalue weighted by Gasteiger charge is 2.32.